The number of hydrogen-bond donors (Lipinski definition) is 2. The Kier molecular flexibility index (Phi) is 3.49. The predicted octanol–water partition coefficient (Wildman–Crippen LogP) is 2.16. The van der Waals surface area contributed by atoms with Crippen LogP contribution in [0, 0.1) is 6.92 Å². The molecule has 1 aromatic heterocycles. The predicted molar refractivity (Wildman–Crippen MR) is 75.8 cm³/mol. The van der Waals surface area contributed by atoms with Crippen molar-refractivity contribution in [2.45, 2.75) is 6.92 Å². The Bertz CT molecular complexity index is 518. The highest BCUT2D eigenvalue weighted by Crippen LogP contribution is 2.29. The van der Waals surface area contributed by atoms with Crippen molar-refractivity contribution in [1.29, 1.82) is 0 Å². The van der Waals surface area contributed by atoms with Crippen LogP contribution in [-0.4, -0.2) is 37.1 Å². The van der Waals surface area contributed by atoms with Crippen LogP contribution < -0.4 is 11.1 Å². The van der Waals surface area contributed by atoms with E-state index in [1.165, 1.54) is 0 Å². The molecule has 0 saturated heterocycles. The second-order valence-electron chi connectivity index (χ2n) is 4.37. The molecule has 2 aromatic rings. The number of nitrogens with zero attached hydrogens (tertiary/aromatic N) is 2. The van der Waals surface area contributed by atoms with E-state index >= 15 is 0 Å². The molecular formula is C12H18N4S. The minimum Gasteiger partial charge on any atom is -0.397 e. The van der Waals surface area contributed by atoms with Gasteiger partial charge in [-0.25, -0.2) is 4.98 Å². The summed E-state index contributed by atoms with van der Waals surface area (Å²) >= 11 is 1.68. The van der Waals surface area contributed by atoms with Gasteiger partial charge in [-0.2, -0.15) is 0 Å². The monoisotopic (exact) mass is 250 g/mol. The second-order valence-corrected chi connectivity index (χ2v) is 5.60. The van der Waals surface area contributed by atoms with Crippen LogP contribution in [0.4, 0.5) is 11.4 Å². The standard InChI is InChI=1S/C12H18N4S/c1-8-15-11-7-10(14-4-5-16(2)3)9(13)6-12(11)17-8/h6-7,14H,4-5,13H2,1-3H3. The fourth-order valence-corrected chi connectivity index (χ4v) is 2.53. The zero-order valence-corrected chi connectivity index (χ0v) is 11.3. The van der Waals surface area contributed by atoms with Crippen molar-refractivity contribution in [2.75, 3.05) is 38.2 Å². The van der Waals surface area contributed by atoms with Gasteiger partial charge < -0.3 is 16.0 Å². The van der Waals surface area contributed by atoms with Crippen molar-refractivity contribution in [3.63, 3.8) is 0 Å². The number of nitrogens with one attached hydrogen (secondary N) is 1. The second kappa shape index (κ2) is 4.89. The average molecular weight is 250 g/mol. The maximum absolute atomic E-state index is 6.02. The summed E-state index contributed by atoms with van der Waals surface area (Å²) in [6, 6.07) is 4.03. The molecule has 3 N–H and O–H groups in total. The normalized spacial score (nSPS) is 11.3. The Morgan fingerprint density at radius 2 is 2.18 bits per heavy atom. The summed E-state index contributed by atoms with van der Waals surface area (Å²) in [5, 5.41) is 4.42. The van der Waals surface area contributed by atoms with E-state index in [9.17, 15) is 0 Å². The van der Waals surface area contributed by atoms with Crippen molar-refractivity contribution in [2.24, 2.45) is 0 Å². The number of nitrogen functional groups attached to an aromatic ring is 1. The van der Waals surface area contributed by atoms with E-state index in [1.807, 2.05) is 19.1 Å². The smallest absolute Gasteiger partial charge is 0.0907 e. The third-order valence-corrected chi connectivity index (χ3v) is 3.47. The number of aryl methyl sites for hydroxylation is 1. The van der Waals surface area contributed by atoms with Crippen molar-refractivity contribution in [1.82, 2.24) is 9.88 Å². The lowest BCUT2D eigenvalue weighted by Gasteiger charge is -2.12. The Labute approximate surface area is 105 Å². The maximum atomic E-state index is 6.02. The molecule has 92 valence electrons. The Hall–Kier alpha value is -1.33. The van der Waals surface area contributed by atoms with Gasteiger partial charge in [-0.3, -0.25) is 0 Å². The van der Waals surface area contributed by atoms with Gasteiger partial charge in [0, 0.05) is 13.1 Å². The van der Waals surface area contributed by atoms with Gasteiger partial charge in [0.2, 0.25) is 0 Å². The molecule has 4 nitrogen and oxygen atoms in total. The van der Waals surface area contributed by atoms with Crippen LogP contribution in [0.3, 0.4) is 0 Å². The molecule has 0 amide bonds. The number of nitrogens with two attached hydrogens (primary N) is 1. The number of rotatable bonds is 4. The molecule has 17 heavy (non-hydrogen) atoms. The van der Waals surface area contributed by atoms with Crippen LogP contribution >= 0.6 is 11.3 Å². The van der Waals surface area contributed by atoms with Crippen LogP contribution in [-0.2, 0) is 0 Å². The molecule has 0 fully saturated rings. The first-order valence-electron chi connectivity index (χ1n) is 5.61. The highest BCUT2D eigenvalue weighted by molar-refractivity contribution is 7.18. The summed E-state index contributed by atoms with van der Waals surface area (Å²) in [5.41, 5.74) is 8.81. The van der Waals surface area contributed by atoms with Crippen LogP contribution in [0.2, 0.25) is 0 Å². The van der Waals surface area contributed by atoms with Gasteiger partial charge in [0.25, 0.3) is 0 Å². The molecular weight excluding hydrogens is 232 g/mol. The lowest BCUT2D eigenvalue weighted by atomic mass is 10.2. The molecule has 0 unspecified atom stereocenters. The third-order valence-electron chi connectivity index (χ3n) is 2.54. The number of hydrogen-bond acceptors (Lipinski definition) is 5. The molecule has 0 aliphatic heterocycles. The minimum absolute atomic E-state index is 0.792. The molecule has 0 radical (unpaired) electrons. The number of fused-ring (bicyclic) bond motifs is 1. The Morgan fingerprint density at radius 3 is 2.88 bits per heavy atom. The molecule has 0 saturated carbocycles. The van der Waals surface area contributed by atoms with Gasteiger partial charge in [0.15, 0.2) is 0 Å². The van der Waals surface area contributed by atoms with Crippen LogP contribution in [0.5, 0.6) is 0 Å². The first-order valence-corrected chi connectivity index (χ1v) is 6.43. The summed E-state index contributed by atoms with van der Waals surface area (Å²) in [7, 11) is 4.11. The minimum atomic E-state index is 0.792. The van der Waals surface area contributed by atoms with Crippen molar-refractivity contribution in [3.8, 4) is 0 Å². The average Bonchev–Trinajstić information content (AvgIpc) is 2.57. The summed E-state index contributed by atoms with van der Waals surface area (Å²) < 4.78 is 1.15. The van der Waals surface area contributed by atoms with Gasteiger partial charge in [0.05, 0.1) is 26.6 Å². The number of anilines is 2. The van der Waals surface area contributed by atoms with E-state index < -0.39 is 0 Å². The van der Waals surface area contributed by atoms with Crippen LogP contribution in [0.1, 0.15) is 5.01 Å². The topological polar surface area (TPSA) is 54.2 Å². The number of likely N-dealkylation sites (N-methyl/N-ethyl adjacent to an activating group) is 1. The zero-order chi connectivity index (χ0) is 12.4. The maximum Gasteiger partial charge on any atom is 0.0907 e. The lowest BCUT2D eigenvalue weighted by Crippen LogP contribution is -2.21. The van der Waals surface area contributed by atoms with E-state index in [1.54, 1.807) is 11.3 Å². The fourth-order valence-electron chi connectivity index (χ4n) is 1.67. The highest BCUT2D eigenvalue weighted by Gasteiger charge is 2.05. The summed E-state index contributed by atoms with van der Waals surface area (Å²) in [4.78, 5) is 6.60. The first-order chi connectivity index (χ1) is 8.06. The highest BCUT2D eigenvalue weighted by atomic mass is 32.1. The molecule has 1 aromatic carbocycles. The molecule has 0 aliphatic carbocycles. The molecule has 2 rings (SSSR count). The summed E-state index contributed by atoms with van der Waals surface area (Å²) in [6.45, 7) is 3.87. The first kappa shape index (κ1) is 12.1. The quantitative estimate of drug-likeness (QED) is 0.817. The molecule has 0 atom stereocenters. The largest absolute Gasteiger partial charge is 0.397 e. The SMILES string of the molecule is Cc1nc2cc(NCCN(C)C)c(N)cc2s1. The lowest BCUT2D eigenvalue weighted by molar-refractivity contribution is 0.425. The summed E-state index contributed by atoms with van der Waals surface area (Å²) in [5.74, 6) is 0. The summed E-state index contributed by atoms with van der Waals surface area (Å²) in [6.07, 6.45) is 0. The van der Waals surface area contributed by atoms with Crippen molar-refractivity contribution >= 4 is 32.9 Å². The Morgan fingerprint density at radius 1 is 1.41 bits per heavy atom. The number of thiazole rings is 1. The van der Waals surface area contributed by atoms with Crippen molar-refractivity contribution < 1.29 is 0 Å². The molecule has 1 heterocycles. The molecule has 0 bridgehead atoms. The number of aromatic nitrogens is 1. The van der Waals surface area contributed by atoms with Gasteiger partial charge in [-0.05, 0) is 33.2 Å². The molecule has 0 aliphatic rings. The molecule has 0 spiro atoms. The Balaban J connectivity index is 2.18. The van der Waals surface area contributed by atoms with Gasteiger partial charge in [-0.1, -0.05) is 0 Å². The van der Waals surface area contributed by atoms with E-state index in [4.69, 9.17) is 5.73 Å². The zero-order valence-electron chi connectivity index (χ0n) is 10.4. The van der Waals surface area contributed by atoms with Gasteiger partial charge in [0.1, 0.15) is 0 Å². The van der Waals surface area contributed by atoms with E-state index in [0.717, 1.165) is 39.7 Å². The molecule has 5 heteroatoms. The van der Waals surface area contributed by atoms with E-state index in [-0.39, 0.29) is 0 Å². The van der Waals surface area contributed by atoms with Gasteiger partial charge >= 0.3 is 0 Å². The third kappa shape index (κ3) is 2.87. The van der Waals surface area contributed by atoms with E-state index in [0.29, 0.717) is 0 Å². The van der Waals surface area contributed by atoms with Crippen LogP contribution in [0.15, 0.2) is 12.1 Å². The number of benzene rings is 1. The van der Waals surface area contributed by atoms with E-state index in [2.05, 4.69) is 29.3 Å². The van der Waals surface area contributed by atoms with Crippen molar-refractivity contribution in [3.05, 3.63) is 17.1 Å². The van der Waals surface area contributed by atoms with Gasteiger partial charge in [-0.15, -0.1) is 11.3 Å². The fraction of sp³-hybridized carbons (Fsp3) is 0.417. The van der Waals surface area contributed by atoms with Crippen LogP contribution in [0.25, 0.3) is 10.2 Å².